The van der Waals surface area contributed by atoms with Crippen LogP contribution in [0.5, 0.6) is 0 Å². The van der Waals surface area contributed by atoms with E-state index in [1.807, 2.05) is 17.0 Å². The first kappa shape index (κ1) is 26.9. The predicted octanol–water partition coefficient (Wildman–Crippen LogP) is 1.37. The Balaban J connectivity index is 0.00000385. The number of rotatable bonds is 7. The molecule has 33 heavy (non-hydrogen) atoms. The average molecular weight is 570 g/mol. The van der Waals surface area contributed by atoms with Gasteiger partial charge in [0.2, 0.25) is 11.8 Å². The first-order valence-corrected chi connectivity index (χ1v) is 11.4. The smallest absolute Gasteiger partial charge is 0.251 e. The van der Waals surface area contributed by atoms with Crippen molar-refractivity contribution in [3.63, 3.8) is 0 Å². The highest BCUT2D eigenvalue weighted by Gasteiger charge is 2.31. The summed E-state index contributed by atoms with van der Waals surface area (Å²) in [6, 6.07) is 7.29. The van der Waals surface area contributed by atoms with Gasteiger partial charge in [0.05, 0.1) is 6.54 Å². The third-order valence-corrected chi connectivity index (χ3v) is 6.12. The zero-order chi connectivity index (χ0) is 22.9. The molecule has 3 amide bonds. The molecule has 1 aromatic carbocycles. The molecular weight excluding hydrogens is 535 g/mol. The largest absolute Gasteiger partial charge is 0.368 e. The van der Waals surface area contributed by atoms with Crippen molar-refractivity contribution in [3.8, 4) is 0 Å². The number of carbonyl (C=O) groups is 3. The minimum Gasteiger partial charge on any atom is -0.368 e. The zero-order valence-corrected chi connectivity index (χ0v) is 21.5. The Hall–Kier alpha value is -2.37. The van der Waals surface area contributed by atoms with Crippen LogP contribution in [0, 0.1) is 5.92 Å². The van der Waals surface area contributed by atoms with Crippen molar-refractivity contribution in [1.82, 2.24) is 20.9 Å². The molecule has 1 saturated heterocycles. The van der Waals surface area contributed by atoms with E-state index < -0.39 is 5.91 Å². The van der Waals surface area contributed by atoms with Crippen LogP contribution in [0.4, 0.5) is 0 Å². The number of hydrogen-bond acceptors (Lipinski definition) is 4. The number of carbonyl (C=O) groups excluding carboxylic acids is 3. The van der Waals surface area contributed by atoms with E-state index in [-0.39, 0.29) is 48.4 Å². The van der Waals surface area contributed by atoms with Crippen LogP contribution in [0.2, 0.25) is 0 Å². The molecule has 2 aliphatic rings. The van der Waals surface area contributed by atoms with E-state index in [0.29, 0.717) is 30.5 Å². The average Bonchev–Trinajstić information content (AvgIpc) is 3.29. The fourth-order valence-electron chi connectivity index (χ4n) is 4.30. The van der Waals surface area contributed by atoms with Crippen LogP contribution in [0.1, 0.15) is 54.4 Å². The van der Waals surface area contributed by atoms with Crippen LogP contribution in [-0.4, -0.2) is 61.3 Å². The lowest BCUT2D eigenvalue weighted by Crippen LogP contribution is -2.45. The predicted molar refractivity (Wildman–Crippen MR) is 138 cm³/mol. The van der Waals surface area contributed by atoms with Gasteiger partial charge in [0.25, 0.3) is 5.91 Å². The Morgan fingerprint density at radius 2 is 1.76 bits per heavy atom. The molecule has 1 aliphatic heterocycles. The van der Waals surface area contributed by atoms with Gasteiger partial charge in [-0.25, -0.2) is 0 Å². The van der Waals surface area contributed by atoms with Crippen LogP contribution in [0.25, 0.3) is 0 Å². The lowest BCUT2D eigenvalue weighted by molar-refractivity contribution is -0.135. The molecule has 1 atom stereocenters. The van der Waals surface area contributed by atoms with E-state index in [1.54, 1.807) is 19.2 Å². The van der Waals surface area contributed by atoms with Gasteiger partial charge in [0.15, 0.2) is 5.96 Å². The highest BCUT2D eigenvalue weighted by atomic mass is 127. The molecule has 9 nitrogen and oxygen atoms in total. The quantitative estimate of drug-likeness (QED) is 0.224. The number of nitrogens with one attached hydrogen (secondary N) is 3. The van der Waals surface area contributed by atoms with Crippen LogP contribution in [-0.2, 0) is 16.1 Å². The van der Waals surface area contributed by atoms with Gasteiger partial charge in [0, 0.05) is 44.2 Å². The summed E-state index contributed by atoms with van der Waals surface area (Å²) in [6.07, 6.45) is 6.56. The topological polar surface area (TPSA) is 129 Å². The molecule has 0 aromatic heterocycles. The molecule has 1 aromatic rings. The van der Waals surface area contributed by atoms with Crippen molar-refractivity contribution in [3.05, 3.63) is 35.4 Å². The zero-order valence-electron chi connectivity index (χ0n) is 19.1. The minimum atomic E-state index is -0.582. The summed E-state index contributed by atoms with van der Waals surface area (Å²) in [5.74, 6) is 0.291. The van der Waals surface area contributed by atoms with Gasteiger partial charge in [-0.1, -0.05) is 31.4 Å². The molecule has 1 saturated carbocycles. The number of hydrogen-bond donors (Lipinski definition) is 4. The van der Waals surface area contributed by atoms with Gasteiger partial charge in [-0.15, -0.1) is 24.0 Å². The van der Waals surface area contributed by atoms with Crippen molar-refractivity contribution in [2.45, 2.75) is 51.1 Å². The lowest BCUT2D eigenvalue weighted by Gasteiger charge is -2.26. The Morgan fingerprint density at radius 3 is 2.39 bits per heavy atom. The minimum absolute atomic E-state index is 0. The molecule has 5 N–H and O–H groups in total. The number of nitrogens with zero attached hydrogens (tertiary/aromatic N) is 2. The number of nitrogens with two attached hydrogens (primary N) is 1. The second kappa shape index (κ2) is 13.4. The van der Waals surface area contributed by atoms with E-state index in [2.05, 4.69) is 20.9 Å². The molecule has 10 heteroatoms. The number of benzene rings is 1. The summed E-state index contributed by atoms with van der Waals surface area (Å²) in [5, 5.41) is 9.16. The van der Waals surface area contributed by atoms with Crippen molar-refractivity contribution in [2.75, 3.05) is 26.7 Å². The lowest BCUT2D eigenvalue weighted by atomic mass is 9.88. The first-order valence-electron chi connectivity index (χ1n) is 11.4. The third kappa shape index (κ3) is 8.17. The van der Waals surface area contributed by atoms with E-state index in [4.69, 9.17) is 5.73 Å². The molecule has 182 valence electrons. The molecular formula is C23H35IN6O3. The molecule has 3 rings (SSSR count). The maximum Gasteiger partial charge on any atom is 0.251 e. The van der Waals surface area contributed by atoms with Gasteiger partial charge >= 0.3 is 0 Å². The maximum atomic E-state index is 12.8. The highest BCUT2D eigenvalue weighted by Crippen LogP contribution is 2.26. The standard InChI is InChI=1S/C23H34N6O3.HI/c1-25-23(27-13-16-7-9-17(10-8-16)21(31)26-14-20(24)30)28-19-11-12-29(15-19)22(32)18-5-3-2-4-6-18;/h7-10,18-19H,2-6,11-15H2,1H3,(H2,24,30)(H,26,31)(H2,25,27,28);1H. The summed E-state index contributed by atoms with van der Waals surface area (Å²) in [7, 11) is 1.72. The summed E-state index contributed by atoms with van der Waals surface area (Å²) < 4.78 is 0. The summed E-state index contributed by atoms with van der Waals surface area (Å²) >= 11 is 0. The summed E-state index contributed by atoms with van der Waals surface area (Å²) in [4.78, 5) is 41.8. The Bertz CT molecular complexity index is 839. The third-order valence-electron chi connectivity index (χ3n) is 6.12. The fourth-order valence-corrected chi connectivity index (χ4v) is 4.30. The Morgan fingerprint density at radius 1 is 1.06 bits per heavy atom. The van der Waals surface area contributed by atoms with Crippen LogP contribution in [0.3, 0.4) is 0 Å². The number of guanidine groups is 1. The molecule has 0 bridgehead atoms. The second-order valence-electron chi connectivity index (χ2n) is 8.52. The van der Waals surface area contributed by atoms with E-state index in [1.165, 1.54) is 19.3 Å². The molecule has 1 unspecified atom stereocenters. The molecule has 0 spiro atoms. The van der Waals surface area contributed by atoms with Crippen molar-refractivity contribution >= 4 is 47.7 Å². The van der Waals surface area contributed by atoms with Gasteiger partial charge in [0.1, 0.15) is 0 Å². The van der Waals surface area contributed by atoms with Gasteiger partial charge in [-0.3, -0.25) is 19.4 Å². The number of halogens is 1. The fraction of sp³-hybridized carbons (Fsp3) is 0.565. The van der Waals surface area contributed by atoms with Gasteiger partial charge in [-0.2, -0.15) is 0 Å². The van der Waals surface area contributed by atoms with Crippen molar-refractivity contribution in [1.29, 1.82) is 0 Å². The Kier molecular flexibility index (Phi) is 10.9. The van der Waals surface area contributed by atoms with Crippen LogP contribution >= 0.6 is 24.0 Å². The van der Waals surface area contributed by atoms with E-state index in [9.17, 15) is 14.4 Å². The number of amides is 3. The molecule has 2 fully saturated rings. The number of primary amides is 1. The van der Waals surface area contributed by atoms with Crippen LogP contribution < -0.4 is 21.7 Å². The Labute approximate surface area is 212 Å². The van der Waals surface area contributed by atoms with Gasteiger partial charge < -0.3 is 26.6 Å². The van der Waals surface area contributed by atoms with E-state index in [0.717, 1.165) is 31.4 Å². The highest BCUT2D eigenvalue weighted by molar-refractivity contribution is 14.0. The summed E-state index contributed by atoms with van der Waals surface area (Å²) in [5.41, 5.74) is 6.49. The van der Waals surface area contributed by atoms with Crippen molar-refractivity contribution in [2.24, 2.45) is 16.6 Å². The second-order valence-corrected chi connectivity index (χ2v) is 8.52. The molecule has 0 radical (unpaired) electrons. The monoisotopic (exact) mass is 570 g/mol. The van der Waals surface area contributed by atoms with Gasteiger partial charge in [-0.05, 0) is 37.0 Å². The van der Waals surface area contributed by atoms with Crippen LogP contribution in [0.15, 0.2) is 29.3 Å². The molecule has 1 heterocycles. The summed E-state index contributed by atoms with van der Waals surface area (Å²) in [6.45, 7) is 1.86. The molecule has 1 aliphatic carbocycles. The normalized spacial score (nSPS) is 18.9. The van der Waals surface area contributed by atoms with E-state index >= 15 is 0 Å². The number of aliphatic imine (C=N–C) groups is 1. The maximum absolute atomic E-state index is 12.8. The first-order chi connectivity index (χ1) is 15.5. The SMILES string of the molecule is CN=C(NCc1ccc(C(=O)NCC(N)=O)cc1)NC1CCN(C(=O)C2CCCCC2)C1.I. The van der Waals surface area contributed by atoms with Crippen molar-refractivity contribution < 1.29 is 14.4 Å². The number of likely N-dealkylation sites (tertiary alicyclic amines) is 1.